The lowest BCUT2D eigenvalue weighted by atomic mass is 10.2. The first-order valence-electron chi connectivity index (χ1n) is 4.15. The molecule has 1 saturated heterocycles. The van der Waals surface area contributed by atoms with Gasteiger partial charge in [-0.3, -0.25) is 0 Å². The molecule has 0 saturated carbocycles. The van der Waals surface area contributed by atoms with E-state index in [0.29, 0.717) is 12.3 Å². The van der Waals surface area contributed by atoms with E-state index in [2.05, 4.69) is 5.32 Å². The highest BCUT2D eigenvalue weighted by atomic mass is 32.2. The van der Waals surface area contributed by atoms with Crippen LogP contribution in [-0.2, 0) is 9.84 Å². The largest absolute Gasteiger partial charge is 0.313 e. The van der Waals surface area contributed by atoms with E-state index in [-0.39, 0.29) is 11.8 Å². The van der Waals surface area contributed by atoms with Crippen molar-refractivity contribution >= 4 is 9.84 Å². The normalized spacial score (nSPS) is 27.6. The molecule has 0 radical (unpaired) electrons. The third kappa shape index (κ3) is 2.42. The van der Waals surface area contributed by atoms with Gasteiger partial charge < -0.3 is 5.32 Å². The van der Waals surface area contributed by atoms with Crippen LogP contribution in [0.2, 0.25) is 0 Å². The van der Waals surface area contributed by atoms with Crippen molar-refractivity contribution in [2.24, 2.45) is 0 Å². The fourth-order valence-electron chi connectivity index (χ4n) is 1.42. The van der Waals surface area contributed by atoms with Gasteiger partial charge in [-0.2, -0.15) is 0 Å². The molecule has 5 heteroatoms. The maximum Gasteiger partial charge on any atom is 0.154 e. The van der Waals surface area contributed by atoms with Crippen LogP contribution in [0.3, 0.4) is 0 Å². The summed E-state index contributed by atoms with van der Waals surface area (Å²) in [6.07, 6.45) is 1.48. The van der Waals surface area contributed by atoms with Crippen molar-refractivity contribution in [3.63, 3.8) is 0 Å². The molecular weight excluding hydrogens is 181 g/mol. The van der Waals surface area contributed by atoms with Crippen molar-refractivity contribution in [3.05, 3.63) is 0 Å². The van der Waals surface area contributed by atoms with Crippen molar-refractivity contribution in [3.8, 4) is 0 Å². The number of hydrogen-bond acceptors (Lipinski definition) is 3. The Labute approximate surface area is 72.3 Å². The molecule has 3 nitrogen and oxygen atoms in total. The van der Waals surface area contributed by atoms with Crippen molar-refractivity contribution < 1.29 is 12.8 Å². The summed E-state index contributed by atoms with van der Waals surface area (Å²) in [5, 5.41) is 2.50. The molecule has 0 aromatic rings. The Kier molecular flexibility index (Phi) is 3.46. The van der Waals surface area contributed by atoms with E-state index < -0.39 is 16.5 Å². The monoisotopic (exact) mass is 195 g/mol. The predicted octanol–water partition coefficient (Wildman–Crippen LogP) is 0.123. The van der Waals surface area contributed by atoms with E-state index in [1.807, 2.05) is 0 Å². The van der Waals surface area contributed by atoms with E-state index in [4.69, 9.17) is 0 Å². The maximum atomic E-state index is 11.6. The Hall–Kier alpha value is -0.160. The van der Waals surface area contributed by atoms with Crippen LogP contribution < -0.4 is 5.32 Å². The van der Waals surface area contributed by atoms with Gasteiger partial charge in [0.05, 0.1) is 11.0 Å². The SMILES string of the molecule is O=S1(=O)CCCC1CNCCF. The molecule has 0 amide bonds. The summed E-state index contributed by atoms with van der Waals surface area (Å²) >= 11 is 0. The molecule has 1 atom stereocenters. The maximum absolute atomic E-state index is 11.6. The number of sulfone groups is 1. The van der Waals surface area contributed by atoms with Crippen molar-refractivity contribution in [1.82, 2.24) is 5.32 Å². The molecule has 1 N–H and O–H groups in total. The summed E-state index contributed by atoms with van der Waals surface area (Å²) in [6, 6.07) is 0. The number of alkyl halides is 1. The van der Waals surface area contributed by atoms with Crippen LogP contribution >= 0.6 is 0 Å². The lowest BCUT2D eigenvalue weighted by Gasteiger charge is -2.08. The zero-order valence-corrected chi connectivity index (χ0v) is 7.74. The lowest BCUT2D eigenvalue weighted by Crippen LogP contribution is -2.31. The summed E-state index contributed by atoms with van der Waals surface area (Å²) in [6.45, 7) is 0.227. The van der Waals surface area contributed by atoms with Crippen molar-refractivity contribution in [1.29, 1.82) is 0 Å². The highest BCUT2D eigenvalue weighted by Gasteiger charge is 2.30. The minimum absolute atomic E-state index is 0.256. The smallest absolute Gasteiger partial charge is 0.154 e. The highest BCUT2D eigenvalue weighted by Crippen LogP contribution is 2.18. The number of hydrogen-bond donors (Lipinski definition) is 1. The summed E-state index contributed by atoms with van der Waals surface area (Å²) in [5.41, 5.74) is 0. The zero-order valence-electron chi connectivity index (χ0n) is 6.92. The van der Waals surface area contributed by atoms with E-state index in [1.165, 1.54) is 0 Å². The Bertz CT molecular complexity index is 228. The van der Waals surface area contributed by atoms with Crippen LogP contribution in [0.1, 0.15) is 12.8 Å². The lowest BCUT2D eigenvalue weighted by molar-refractivity contribution is 0.463. The van der Waals surface area contributed by atoms with Crippen LogP contribution in [0.4, 0.5) is 4.39 Å². The summed E-state index contributed by atoms with van der Waals surface area (Å²) in [7, 11) is -2.85. The fraction of sp³-hybridized carbons (Fsp3) is 1.00. The summed E-state index contributed by atoms with van der Waals surface area (Å²) in [5.74, 6) is 0.301. The van der Waals surface area contributed by atoms with Gasteiger partial charge in [0.2, 0.25) is 0 Å². The molecule has 72 valence electrons. The minimum atomic E-state index is -2.85. The molecule has 1 rings (SSSR count). The molecule has 1 unspecified atom stereocenters. The van der Waals surface area contributed by atoms with Gasteiger partial charge in [-0.05, 0) is 12.8 Å². The fourth-order valence-corrected chi connectivity index (χ4v) is 3.22. The average molecular weight is 195 g/mol. The first-order valence-corrected chi connectivity index (χ1v) is 5.86. The van der Waals surface area contributed by atoms with Crippen LogP contribution in [0.25, 0.3) is 0 Å². The summed E-state index contributed by atoms with van der Waals surface area (Å²) < 4.78 is 34.1. The molecule has 12 heavy (non-hydrogen) atoms. The van der Waals surface area contributed by atoms with Gasteiger partial charge in [-0.15, -0.1) is 0 Å². The van der Waals surface area contributed by atoms with Crippen LogP contribution in [-0.4, -0.2) is 39.2 Å². The van der Waals surface area contributed by atoms with Crippen LogP contribution in [0.5, 0.6) is 0 Å². The van der Waals surface area contributed by atoms with Crippen LogP contribution in [0.15, 0.2) is 0 Å². The van der Waals surface area contributed by atoms with Gasteiger partial charge in [-0.1, -0.05) is 0 Å². The van der Waals surface area contributed by atoms with E-state index >= 15 is 0 Å². The molecule has 1 aliphatic heterocycles. The predicted molar refractivity (Wildman–Crippen MR) is 45.7 cm³/mol. The molecule has 0 aromatic carbocycles. The molecule has 0 aliphatic carbocycles. The Balaban J connectivity index is 2.32. The van der Waals surface area contributed by atoms with E-state index in [9.17, 15) is 12.8 Å². The molecule has 0 spiro atoms. The third-order valence-electron chi connectivity index (χ3n) is 2.11. The van der Waals surface area contributed by atoms with Gasteiger partial charge in [-0.25, -0.2) is 12.8 Å². The molecule has 1 heterocycles. The Morgan fingerprint density at radius 1 is 1.50 bits per heavy atom. The van der Waals surface area contributed by atoms with Gasteiger partial charge in [0, 0.05) is 13.1 Å². The van der Waals surface area contributed by atoms with Gasteiger partial charge in [0.25, 0.3) is 0 Å². The first kappa shape index (κ1) is 9.92. The van der Waals surface area contributed by atoms with E-state index in [0.717, 1.165) is 12.8 Å². The number of rotatable bonds is 4. The second-order valence-electron chi connectivity index (χ2n) is 3.02. The quantitative estimate of drug-likeness (QED) is 0.648. The van der Waals surface area contributed by atoms with Gasteiger partial charge in [0.15, 0.2) is 9.84 Å². The van der Waals surface area contributed by atoms with Crippen molar-refractivity contribution in [2.75, 3.05) is 25.5 Å². The molecule has 0 aromatic heterocycles. The third-order valence-corrected chi connectivity index (χ3v) is 4.38. The summed E-state index contributed by atoms with van der Waals surface area (Å²) in [4.78, 5) is 0. The Morgan fingerprint density at radius 3 is 2.75 bits per heavy atom. The standard InChI is InChI=1S/C7H14FNO2S/c8-3-4-9-6-7-2-1-5-12(7,10)11/h7,9H,1-6H2. The molecule has 1 fully saturated rings. The molecule has 0 bridgehead atoms. The number of nitrogens with one attached hydrogen (secondary N) is 1. The average Bonchev–Trinajstić information content (AvgIpc) is 2.32. The number of halogens is 1. The van der Waals surface area contributed by atoms with Gasteiger partial charge >= 0.3 is 0 Å². The minimum Gasteiger partial charge on any atom is -0.313 e. The zero-order chi connectivity index (χ0) is 9.03. The molecule has 1 aliphatic rings. The van der Waals surface area contributed by atoms with Crippen molar-refractivity contribution in [2.45, 2.75) is 18.1 Å². The molecular formula is C7H14FNO2S. The van der Waals surface area contributed by atoms with E-state index in [1.54, 1.807) is 0 Å². The van der Waals surface area contributed by atoms with Crippen LogP contribution in [0, 0.1) is 0 Å². The highest BCUT2D eigenvalue weighted by molar-refractivity contribution is 7.92. The second-order valence-corrected chi connectivity index (χ2v) is 5.42. The van der Waals surface area contributed by atoms with Gasteiger partial charge in [0.1, 0.15) is 6.67 Å². The Morgan fingerprint density at radius 2 is 2.25 bits per heavy atom. The topological polar surface area (TPSA) is 46.2 Å². The second kappa shape index (κ2) is 4.18. The first-order chi connectivity index (χ1) is 5.67.